The molecule has 0 bridgehead atoms. The van der Waals surface area contributed by atoms with E-state index in [0.717, 1.165) is 51.9 Å². The van der Waals surface area contributed by atoms with Crippen LogP contribution in [0, 0.1) is 5.41 Å². The van der Waals surface area contributed by atoms with Crippen LogP contribution in [0.2, 0.25) is 0 Å². The molecule has 2 heterocycles. The molecule has 5 nitrogen and oxygen atoms in total. The van der Waals surface area contributed by atoms with Crippen molar-refractivity contribution in [2.75, 3.05) is 40.3 Å². The summed E-state index contributed by atoms with van der Waals surface area (Å²) >= 11 is 0. The largest absolute Gasteiger partial charge is 0.381 e. The minimum Gasteiger partial charge on any atom is -0.381 e. The van der Waals surface area contributed by atoms with Crippen molar-refractivity contribution in [3.05, 3.63) is 0 Å². The van der Waals surface area contributed by atoms with Crippen LogP contribution in [0.5, 0.6) is 0 Å². The standard InChI is InChI=1S/C17H30N2O3/c1-18-11-8-17(21,9-12-18)15(20)19-10-4-7-16(13-19)6-3-5-14(16)22-2/h14,21H,3-13H2,1-2H3/t14-,16-/m1/s1. The van der Waals surface area contributed by atoms with Gasteiger partial charge < -0.3 is 19.6 Å². The molecule has 1 saturated carbocycles. The molecule has 3 rings (SSSR count). The quantitative estimate of drug-likeness (QED) is 0.834. The predicted molar refractivity (Wildman–Crippen MR) is 84.6 cm³/mol. The van der Waals surface area contributed by atoms with Crippen molar-refractivity contribution in [1.82, 2.24) is 9.80 Å². The van der Waals surface area contributed by atoms with Gasteiger partial charge in [0, 0.05) is 38.7 Å². The molecule has 0 aromatic carbocycles. The summed E-state index contributed by atoms with van der Waals surface area (Å²) in [7, 11) is 3.84. The van der Waals surface area contributed by atoms with Crippen LogP contribution in [0.3, 0.4) is 0 Å². The highest BCUT2D eigenvalue weighted by molar-refractivity contribution is 5.85. The zero-order valence-corrected chi connectivity index (χ0v) is 14.0. The second-order valence-corrected chi connectivity index (χ2v) is 7.64. The second-order valence-electron chi connectivity index (χ2n) is 7.64. The number of methoxy groups -OCH3 is 1. The molecule has 3 aliphatic rings. The summed E-state index contributed by atoms with van der Waals surface area (Å²) in [5.41, 5.74) is -1.02. The first-order chi connectivity index (χ1) is 10.5. The normalized spacial score (nSPS) is 36.0. The smallest absolute Gasteiger partial charge is 0.254 e. The Morgan fingerprint density at radius 1 is 1.14 bits per heavy atom. The van der Waals surface area contributed by atoms with E-state index in [0.29, 0.717) is 12.8 Å². The number of nitrogens with zero attached hydrogens (tertiary/aromatic N) is 2. The fraction of sp³-hybridized carbons (Fsp3) is 0.941. The van der Waals surface area contributed by atoms with Gasteiger partial charge >= 0.3 is 0 Å². The zero-order valence-electron chi connectivity index (χ0n) is 14.0. The van der Waals surface area contributed by atoms with Crippen molar-refractivity contribution in [1.29, 1.82) is 0 Å². The van der Waals surface area contributed by atoms with Crippen LogP contribution >= 0.6 is 0 Å². The molecular formula is C17H30N2O3. The molecule has 1 amide bonds. The van der Waals surface area contributed by atoms with Crippen LogP contribution < -0.4 is 0 Å². The number of carbonyl (C=O) groups excluding carboxylic acids is 1. The number of likely N-dealkylation sites (tertiary alicyclic amines) is 2. The maximum absolute atomic E-state index is 12.9. The first-order valence-corrected chi connectivity index (χ1v) is 8.72. The van der Waals surface area contributed by atoms with Gasteiger partial charge in [-0.3, -0.25) is 4.79 Å². The molecule has 1 aliphatic carbocycles. The lowest BCUT2D eigenvalue weighted by Crippen LogP contribution is -2.58. The van der Waals surface area contributed by atoms with Gasteiger partial charge in [-0.15, -0.1) is 0 Å². The third-order valence-corrected chi connectivity index (χ3v) is 6.22. The summed E-state index contributed by atoms with van der Waals surface area (Å²) in [5.74, 6) is -0.0403. The third kappa shape index (κ3) is 2.79. The van der Waals surface area contributed by atoms with Gasteiger partial charge in [-0.1, -0.05) is 6.42 Å². The highest BCUT2D eigenvalue weighted by Crippen LogP contribution is 2.46. The summed E-state index contributed by atoms with van der Waals surface area (Å²) in [5, 5.41) is 10.8. The Morgan fingerprint density at radius 3 is 2.50 bits per heavy atom. The van der Waals surface area contributed by atoms with Crippen LogP contribution in [0.25, 0.3) is 0 Å². The van der Waals surface area contributed by atoms with Crippen LogP contribution in [0.1, 0.15) is 44.9 Å². The Balaban J connectivity index is 1.70. The van der Waals surface area contributed by atoms with Crippen LogP contribution in [0.4, 0.5) is 0 Å². The molecule has 0 aromatic heterocycles. The van der Waals surface area contributed by atoms with Crippen LogP contribution in [-0.4, -0.2) is 72.9 Å². The van der Waals surface area contributed by atoms with Crippen molar-refractivity contribution < 1.29 is 14.6 Å². The van der Waals surface area contributed by atoms with Gasteiger partial charge in [-0.2, -0.15) is 0 Å². The van der Waals surface area contributed by atoms with Gasteiger partial charge in [0.2, 0.25) is 0 Å². The number of piperidine rings is 2. The van der Waals surface area contributed by atoms with Crippen molar-refractivity contribution in [2.45, 2.75) is 56.7 Å². The Labute approximate surface area is 133 Å². The van der Waals surface area contributed by atoms with E-state index in [1.54, 1.807) is 7.11 Å². The molecule has 3 fully saturated rings. The van der Waals surface area contributed by atoms with E-state index >= 15 is 0 Å². The molecule has 126 valence electrons. The molecule has 22 heavy (non-hydrogen) atoms. The lowest BCUT2D eigenvalue weighted by atomic mass is 9.76. The number of rotatable bonds is 2. The lowest BCUT2D eigenvalue weighted by Gasteiger charge is -2.46. The topological polar surface area (TPSA) is 53.0 Å². The van der Waals surface area contributed by atoms with Gasteiger partial charge in [0.15, 0.2) is 0 Å². The second kappa shape index (κ2) is 6.10. The number of ether oxygens (including phenoxy) is 1. The number of hydrogen-bond acceptors (Lipinski definition) is 4. The fourth-order valence-corrected chi connectivity index (χ4v) is 4.77. The van der Waals surface area contributed by atoms with E-state index in [9.17, 15) is 9.90 Å². The Bertz CT molecular complexity index is 420. The fourth-order valence-electron chi connectivity index (χ4n) is 4.77. The number of aliphatic hydroxyl groups is 1. The van der Waals surface area contributed by atoms with Crippen molar-refractivity contribution >= 4 is 5.91 Å². The molecule has 2 atom stereocenters. The third-order valence-electron chi connectivity index (χ3n) is 6.22. The lowest BCUT2D eigenvalue weighted by molar-refractivity contribution is -0.161. The average molecular weight is 310 g/mol. The molecule has 1 spiro atoms. The van der Waals surface area contributed by atoms with E-state index < -0.39 is 5.60 Å². The molecule has 2 aliphatic heterocycles. The Hall–Kier alpha value is -0.650. The first kappa shape index (κ1) is 16.2. The summed E-state index contributed by atoms with van der Waals surface area (Å²) in [4.78, 5) is 17.0. The van der Waals surface area contributed by atoms with E-state index in [2.05, 4.69) is 4.90 Å². The maximum atomic E-state index is 12.9. The summed E-state index contributed by atoms with van der Waals surface area (Å²) < 4.78 is 5.71. The van der Waals surface area contributed by atoms with Crippen molar-refractivity contribution in [3.63, 3.8) is 0 Å². The highest BCUT2D eigenvalue weighted by Gasteiger charge is 2.49. The van der Waals surface area contributed by atoms with Crippen molar-refractivity contribution in [3.8, 4) is 0 Å². The SMILES string of the molecule is CO[C@@H]1CCC[C@]12CCCN(C(=O)C1(O)CCN(C)CC1)C2. The predicted octanol–water partition coefficient (Wildman–Crippen LogP) is 1.25. The van der Waals surface area contributed by atoms with Gasteiger partial charge in [0.05, 0.1) is 6.10 Å². The molecular weight excluding hydrogens is 280 g/mol. The summed E-state index contributed by atoms with van der Waals surface area (Å²) in [6.07, 6.45) is 7.01. The molecule has 0 aromatic rings. The number of carbonyl (C=O) groups is 1. The minimum atomic E-state index is -1.15. The van der Waals surface area contributed by atoms with Gasteiger partial charge in [-0.05, 0) is 45.6 Å². The van der Waals surface area contributed by atoms with Gasteiger partial charge in [0.25, 0.3) is 5.91 Å². The molecule has 2 saturated heterocycles. The Kier molecular flexibility index (Phi) is 4.49. The molecule has 5 heteroatoms. The monoisotopic (exact) mass is 310 g/mol. The Morgan fingerprint density at radius 2 is 1.82 bits per heavy atom. The summed E-state index contributed by atoms with van der Waals surface area (Å²) in [6.45, 7) is 3.14. The minimum absolute atomic E-state index is 0.0403. The van der Waals surface area contributed by atoms with E-state index in [4.69, 9.17) is 4.74 Å². The highest BCUT2D eigenvalue weighted by atomic mass is 16.5. The van der Waals surface area contributed by atoms with E-state index in [1.165, 1.54) is 6.42 Å². The van der Waals surface area contributed by atoms with E-state index in [-0.39, 0.29) is 17.4 Å². The zero-order chi connectivity index (χ0) is 15.8. The van der Waals surface area contributed by atoms with E-state index in [1.807, 2.05) is 11.9 Å². The first-order valence-electron chi connectivity index (χ1n) is 8.72. The van der Waals surface area contributed by atoms with Crippen molar-refractivity contribution in [2.24, 2.45) is 5.41 Å². The number of hydrogen-bond donors (Lipinski definition) is 1. The average Bonchev–Trinajstić information content (AvgIpc) is 2.91. The van der Waals surface area contributed by atoms with Crippen LogP contribution in [0.15, 0.2) is 0 Å². The molecule has 0 radical (unpaired) electrons. The molecule has 0 unspecified atom stereocenters. The maximum Gasteiger partial charge on any atom is 0.254 e. The molecule has 1 N–H and O–H groups in total. The summed E-state index contributed by atoms with van der Waals surface area (Å²) in [6, 6.07) is 0. The van der Waals surface area contributed by atoms with Crippen LogP contribution in [-0.2, 0) is 9.53 Å². The number of amides is 1. The van der Waals surface area contributed by atoms with Gasteiger partial charge in [-0.25, -0.2) is 0 Å². The van der Waals surface area contributed by atoms with Gasteiger partial charge in [0.1, 0.15) is 5.60 Å².